The lowest BCUT2D eigenvalue weighted by Gasteiger charge is -2.19. The SMILES string of the molecule is CN(C)CC(=O)N(C)c1ccc(N=C(c2ccc(CCC(=O)O)cc2)c2c(O)[nH]c3cc(Br)ccc23)cc1. The molecule has 8 nitrogen and oxygen atoms in total. The second-order valence-corrected chi connectivity index (χ2v) is 10.2. The third kappa shape index (κ3) is 6.30. The van der Waals surface area contributed by atoms with E-state index in [0.29, 0.717) is 29.9 Å². The van der Waals surface area contributed by atoms with Gasteiger partial charge in [-0.05, 0) is 62.5 Å². The van der Waals surface area contributed by atoms with Crippen molar-refractivity contribution < 1.29 is 19.8 Å². The summed E-state index contributed by atoms with van der Waals surface area (Å²) < 4.78 is 0.877. The molecule has 1 amide bonds. The first-order valence-electron chi connectivity index (χ1n) is 12.0. The van der Waals surface area contributed by atoms with Gasteiger partial charge >= 0.3 is 5.97 Å². The van der Waals surface area contributed by atoms with Gasteiger partial charge in [0.1, 0.15) is 0 Å². The number of fused-ring (bicyclic) bond motifs is 1. The zero-order chi connectivity index (χ0) is 27.4. The number of anilines is 1. The number of carboxylic acids is 1. The number of halogens is 1. The number of carbonyl (C=O) groups excluding carboxylic acids is 1. The van der Waals surface area contributed by atoms with Crippen LogP contribution >= 0.6 is 15.9 Å². The van der Waals surface area contributed by atoms with Crippen LogP contribution in [0.2, 0.25) is 0 Å². The van der Waals surface area contributed by atoms with E-state index in [1.807, 2.05) is 85.7 Å². The second kappa shape index (κ2) is 11.6. The maximum atomic E-state index is 12.4. The number of aromatic nitrogens is 1. The lowest BCUT2D eigenvalue weighted by molar-refractivity contribution is -0.137. The van der Waals surface area contributed by atoms with Crippen LogP contribution in [-0.2, 0) is 16.0 Å². The Kier molecular flexibility index (Phi) is 8.29. The lowest BCUT2D eigenvalue weighted by Crippen LogP contribution is -2.34. The Morgan fingerprint density at radius 3 is 2.29 bits per heavy atom. The number of aromatic hydroxyl groups is 1. The third-order valence-corrected chi connectivity index (χ3v) is 6.63. The van der Waals surface area contributed by atoms with Gasteiger partial charge in [-0.15, -0.1) is 0 Å². The third-order valence-electron chi connectivity index (χ3n) is 6.14. The van der Waals surface area contributed by atoms with Crippen LogP contribution < -0.4 is 4.90 Å². The van der Waals surface area contributed by atoms with E-state index in [2.05, 4.69) is 20.9 Å². The lowest BCUT2D eigenvalue weighted by atomic mass is 9.98. The van der Waals surface area contributed by atoms with Crippen molar-refractivity contribution in [3.05, 3.63) is 87.9 Å². The summed E-state index contributed by atoms with van der Waals surface area (Å²) in [5.74, 6) is -0.869. The van der Waals surface area contributed by atoms with Crippen LogP contribution in [0.4, 0.5) is 11.4 Å². The summed E-state index contributed by atoms with van der Waals surface area (Å²) in [7, 11) is 5.44. The van der Waals surface area contributed by atoms with Crippen LogP contribution in [0.1, 0.15) is 23.1 Å². The van der Waals surface area contributed by atoms with Crippen molar-refractivity contribution in [2.24, 2.45) is 4.99 Å². The number of benzene rings is 3. The van der Waals surface area contributed by atoms with Crippen molar-refractivity contribution in [2.75, 3.05) is 32.6 Å². The van der Waals surface area contributed by atoms with Crippen molar-refractivity contribution >= 4 is 55.8 Å². The molecule has 0 unspecified atom stereocenters. The highest BCUT2D eigenvalue weighted by atomic mass is 79.9. The zero-order valence-corrected chi connectivity index (χ0v) is 23.0. The Hall–Kier alpha value is -3.95. The molecular formula is C29H29BrN4O4. The summed E-state index contributed by atoms with van der Waals surface area (Å²) in [6, 6.07) is 20.6. The quantitative estimate of drug-likeness (QED) is 0.233. The minimum absolute atomic E-state index is 0.00237. The van der Waals surface area contributed by atoms with Crippen molar-refractivity contribution in [1.82, 2.24) is 9.88 Å². The van der Waals surface area contributed by atoms with E-state index in [-0.39, 0.29) is 18.2 Å². The van der Waals surface area contributed by atoms with Crippen molar-refractivity contribution in [3.8, 4) is 5.88 Å². The number of aliphatic carboxylic acids is 1. The van der Waals surface area contributed by atoms with Gasteiger partial charge < -0.3 is 25.0 Å². The van der Waals surface area contributed by atoms with Gasteiger partial charge in [0.25, 0.3) is 0 Å². The number of aryl methyl sites for hydroxylation is 1. The molecule has 38 heavy (non-hydrogen) atoms. The predicted molar refractivity (Wildman–Crippen MR) is 154 cm³/mol. The molecule has 0 radical (unpaired) electrons. The molecule has 0 aliphatic rings. The topological polar surface area (TPSA) is 109 Å². The highest BCUT2D eigenvalue weighted by Crippen LogP contribution is 2.33. The summed E-state index contributed by atoms with van der Waals surface area (Å²) in [4.78, 5) is 34.8. The fourth-order valence-corrected chi connectivity index (χ4v) is 4.50. The maximum absolute atomic E-state index is 12.4. The first-order chi connectivity index (χ1) is 18.1. The Labute approximate surface area is 229 Å². The number of carbonyl (C=O) groups is 2. The Bertz CT molecular complexity index is 1490. The first-order valence-corrected chi connectivity index (χ1v) is 12.8. The molecule has 4 rings (SSSR count). The minimum Gasteiger partial charge on any atom is -0.494 e. The van der Waals surface area contributed by atoms with Crippen LogP contribution in [0.3, 0.4) is 0 Å². The van der Waals surface area contributed by atoms with Gasteiger partial charge in [0.05, 0.1) is 29.0 Å². The number of carboxylic acid groups (broad SMARTS) is 1. The smallest absolute Gasteiger partial charge is 0.303 e. The molecular weight excluding hydrogens is 548 g/mol. The molecule has 0 aliphatic heterocycles. The van der Waals surface area contributed by atoms with E-state index in [1.54, 1.807) is 11.9 Å². The molecule has 1 aromatic heterocycles. The van der Waals surface area contributed by atoms with Crippen LogP contribution in [-0.4, -0.2) is 65.4 Å². The van der Waals surface area contributed by atoms with Gasteiger partial charge in [-0.3, -0.25) is 9.59 Å². The van der Waals surface area contributed by atoms with E-state index < -0.39 is 5.97 Å². The van der Waals surface area contributed by atoms with Gasteiger partial charge in [0.15, 0.2) is 5.88 Å². The zero-order valence-electron chi connectivity index (χ0n) is 21.4. The molecule has 0 spiro atoms. The number of nitrogens with zero attached hydrogens (tertiary/aromatic N) is 3. The Morgan fingerprint density at radius 2 is 1.66 bits per heavy atom. The summed E-state index contributed by atoms with van der Waals surface area (Å²) in [5, 5.41) is 20.7. The highest BCUT2D eigenvalue weighted by Gasteiger charge is 2.19. The largest absolute Gasteiger partial charge is 0.494 e. The number of likely N-dealkylation sites (N-methyl/N-ethyl adjacent to an activating group) is 2. The molecule has 0 saturated carbocycles. The molecule has 0 aliphatic carbocycles. The number of amides is 1. The van der Waals surface area contributed by atoms with Gasteiger partial charge in [0, 0.05) is 34.6 Å². The molecule has 0 bridgehead atoms. The normalized spacial score (nSPS) is 11.8. The molecule has 3 aromatic carbocycles. The van der Waals surface area contributed by atoms with Crippen LogP contribution in [0.25, 0.3) is 10.9 Å². The summed E-state index contributed by atoms with van der Waals surface area (Å²) in [5.41, 5.74) is 4.95. The minimum atomic E-state index is -0.844. The van der Waals surface area contributed by atoms with Crippen molar-refractivity contribution in [2.45, 2.75) is 12.8 Å². The van der Waals surface area contributed by atoms with Gasteiger partial charge in [0.2, 0.25) is 5.91 Å². The van der Waals surface area contributed by atoms with Crippen molar-refractivity contribution in [1.29, 1.82) is 0 Å². The molecule has 0 atom stereocenters. The van der Waals surface area contributed by atoms with E-state index in [1.165, 1.54) is 0 Å². The number of nitrogens with one attached hydrogen (secondary N) is 1. The maximum Gasteiger partial charge on any atom is 0.303 e. The fourth-order valence-electron chi connectivity index (χ4n) is 4.14. The van der Waals surface area contributed by atoms with Gasteiger partial charge in [-0.2, -0.15) is 0 Å². The van der Waals surface area contributed by atoms with Crippen LogP contribution in [0.15, 0.2) is 76.2 Å². The number of hydrogen-bond donors (Lipinski definition) is 3. The van der Waals surface area contributed by atoms with Crippen LogP contribution in [0, 0.1) is 0 Å². The van der Waals surface area contributed by atoms with E-state index in [4.69, 9.17) is 10.1 Å². The molecule has 3 N–H and O–H groups in total. The van der Waals surface area contributed by atoms with Crippen LogP contribution in [0.5, 0.6) is 5.88 Å². The molecule has 4 aromatic rings. The van der Waals surface area contributed by atoms with Crippen molar-refractivity contribution in [3.63, 3.8) is 0 Å². The Balaban J connectivity index is 1.75. The molecule has 0 saturated heterocycles. The van der Waals surface area contributed by atoms with E-state index >= 15 is 0 Å². The highest BCUT2D eigenvalue weighted by molar-refractivity contribution is 9.10. The molecule has 196 valence electrons. The molecule has 9 heteroatoms. The Morgan fingerprint density at radius 1 is 0.974 bits per heavy atom. The number of aliphatic imine (C=N–C) groups is 1. The van der Waals surface area contributed by atoms with Gasteiger partial charge in [-0.1, -0.05) is 46.3 Å². The monoisotopic (exact) mass is 576 g/mol. The molecule has 0 fully saturated rings. The fraction of sp³-hybridized carbons (Fsp3) is 0.207. The average Bonchev–Trinajstić information content (AvgIpc) is 3.20. The number of H-pyrrole nitrogens is 1. The average molecular weight is 577 g/mol. The number of rotatable bonds is 9. The summed E-state index contributed by atoms with van der Waals surface area (Å²) >= 11 is 3.47. The first kappa shape index (κ1) is 27.1. The van der Waals surface area contributed by atoms with E-state index in [9.17, 15) is 14.7 Å². The summed E-state index contributed by atoms with van der Waals surface area (Å²) in [6.07, 6.45) is 0.478. The predicted octanol–water partition coefficient (Wildman–Crippen LogP) is 5.35. The summed E-state index contributed by atoms with van der Waals surface area (Å²) in [6.45, 7) is 0.305. The molecule has 1 heterocycles. The number of hydrogen-bond acceptors (Lipinski definition) is 5. The second-order valence-electron chi connectivity index (χ2n) is 9.30. The van der Waals surface area contributed by atoms with Gasteiger partial charge in [-0.25, -0.2) is 4.99 Å². The van der Waals surface area contributed by atoms with E-state index in [0.717, 1.165) is 32.2 Å². The standard InChI is InChI=1S/C29H29BrN4O4/c1-33(2)17-25(35)34(3)22-12-10-21(11-13-22)31-28(19-7-4-18(5-8-19)6-15-26(36)37)27-23-14-9-20(30)16-24(23)32-29(27)38/h4-5,7-14,16,32,38H,6,15,17H2,1-3H3,(H,36,37). The number of aromatic amines is 1.